The summed E-state index contributed by atoms with van der Waals surface area (Å²) in [4.78, 5) is 10.2. The first-order valence-electron chi connectivity index (χ1n) is 3.81. The molecule has 0 rings (SSSR count). The number of unbranched alkanes of at least 4 members (excludes halogenated alkanes) is 1. The van der Waals surface area contributed by atoms with E-state index in [1.54, 1.807) is 0 Å². The van der Waals surface area contributed by atoms with E-state index in [1.807, 2.05) is 7.05 Å². The summed E-state index contributed by atoms with van der Waals surface area (Å²) in [5, 5.41) is 11.4. The second kappa shape index (κ2) is 12.0. The molecule has 0 aromatic carbocycles. The highest BCUT2D eigenvalue weighted by Crippen LogP contribution is 1.97. The van der Waals surface area contributed by atoms with Gasteiger partial charge in [-0.3, -0.25) is 4.79 Å². The average molecular weight is 233 g/mol. The number of hydrogen-bond donors (Lipinski definition) is 3. The lowest BCUT2D eigenvalue weighted by Crippen LogP contribution is -2.29. The topological polar surface area (TPSA) is 75.3 Å². The van der Waals surface area contributed by atoms with Crippen molar-refractivity contribution >= 4 is 30.8 Å². The molecular weight excluding hydrogens is 215 g/mol. The lowest BCUT2D eigenvalue weighted by molar-refractivity contribution is -0.138. The Kier molecular flexibility index (Phi) is 17.2. The minimum absolute atomic E-state index is 0. The fourth-order valence-electron chi connectivity index (χ4n) is 0.790. The fraction of sp³-hybridized carbons (Fsp3) is 0.857. The summed E-state index contributed by atoms with van der Waals surface area (Å²) in [5.41, 5.74) is 5.28. The number of rotatable bonds is 6. The van der Waals surface area contributed by atoms with Crippen LogP contribution < -0.4 is 11.1 Å². The van der Waals surface area contributed by atoms with Crippen molar-refractivity contribution in [1.82, 2.24) is 5.32 Å². The van der Waals surface area contributed by atoms with Crippen molar-refractivity contribution in [3.8, 4) is 0 Å². The van der Waals surface area contributed by atoms with Crippen LogP contribution in [-0.4, -0.2) is 30.7 Å². The van der Waals surface area contributed by atoms with Crippen molar-refractivity contribution in [3.05, 3.63) is 0 Å². The van der Waals surface area contributed by atoms with Crippen LogP contribution in [0.25, 0.3) is 0 Å². The fourth-order valence-corrected chi connectivity index (χ4v) is 0.790. The zero-order chi connectivity index (χ0) is 8.69. The zero-order valence-corrected chi connectivity index (χ0v) is 9.29. The van der Waals surface area contributed by atoms with Gasteiger partial charge in [0.2, 0.25) is 0 Å². The largest absolute Gasteiger partial charge is 0.480 e. The minimum Gasteiger partial charge on any atom is -0.480 e. The Balaban J connectivity index is -0.000000500. The van der Waals surface area contributed by atoms with Gasteiger partial charge in [0.1, 0.15) is 6.04 Å². The Hall–Kier alpha value is -0.0300. The standard InChI is InChI=1S/C7H16N2O2.2ClH/c1-9-5-3-2-4-6(8)7(10)11;;/h6,9H,2-5,8H2,1H3,(H,10,11);2*1H/t6-;;/m0../s1. The predicted octanol–water partition coefficient (Wildman–Crippen LogP) is 0.632. The lowest BCUT2D eigenvalue weighted by Gasteiger charge is -2.04. The van der Waals surface area contributed by atoms with Crippen molar-refractivity contribution in [2.45, 2.75) is 25.3 Å². The van der Waals surface area contributed by atoms with Crippen LogP contribution in [0, 0.1) is 0 Å². The molecule has 0 saturated carbocycles. The van der Waals surface area contributed by atoms with E-state index in [9.17, 15) is 4.79 Å². The monoisotopic (exact) mass is 232 g/mol. The lowest BCUT2D eigenvalue weighted by atomic mass is 10.1. The quantitative estimate of drug-likeness (QED) is 0.588. The highest BCUT2D eigenvalue weighted by atomic mass is 35.5. The van der Waals surface area contributed by atoms with E-state index in [0.717, 1.165) is 19.4 Å². The van der Waals surface area contributed by atoms with Crippen molar-refractivity contribution in [2.75, 3.05) is 13.6 Å². The smallest absolute Gasteiger partial charge is 0.320 e. The third-order valence-corrected chi connectivity index (χ3v) is 1.51. The number of nitrogens with one attached hydrogen (secondary N) is 1. The first-order chi connectivity index (χ1) is 5.18. The van der Waals surface area contributed by atoms with E-state index >= 15 is 0 Å². The molecular formula is C7H18Cl2N2O2. The van der Waals surface area contributed by atoms with Crippen LogP contribution in [0.1, 0.15) is 19.3 Å². The molecule has 0 aromatic rings. The summed E-state index contributed by atoms with van der Waals surface area (Å²) in [6.45, 7) is 0.923. The molecule has 4 nitrogen and oxygen atoms in total. The number of carboxylic acid groups (broad SMARTS) is 1. The molecule has 13 heavy (non-hydrogen) atoms. The maximum absolute atomic E-state index is 10.2. The molecule has 0 aromatic heterocycles. The van der Waals surface area contributed by atoms with Crippen LogP contribution in [0.3, 0.4) is 0 Å². The Morgan fingerprint density at radius 1 is 1.46 bits per heavy atom. The number of hydrogen-bond acceptors (Lipinski definition) is 3. The summed E-state index contributed by atoms with van der Waals surface area (Å²) in [6.07, 6.45) is 2.42. The van der Waals surface area contributed by atoms with Crippen LogP contribution in [0.2, 0.25) is 0 Å². The van der Waals surface area contributed by atoms with Crippen LogP contribution in [0.4, 0.5) is 0 Å². The maximum atomic E-state index is 10.2. The summed E-state index contributed by atoms with van der Waals surface area (Å²) >= 11 is 0. The first-order valence-corrected chi connectivity index (χ1v) is 3.81. The average Bonchev–Trinajstić information content (AvgIpc) is 1.97. The van der Waals surface area contributed by atoms with Crippen LogP contribution in [-0.2, 0) is 4.79 Å². The molecule has 0 fully saturated rings. The normalized spacial score (nSPS) is 10.9. The number of carbonyl (C=O) groups is 1. The van der Waals surface area contributed by atoms with Crippen molar-refractivity contribution in [1.29, 1.82) is 0 Å². The van der Waals surface area contributed by atoms with Gasteiger partial charge in [-0.25, -0.2) is 0 Å². The Bertz CT molecular complexity index is 125. The molecule has 4 N–H and O–H groups in total. The Morgan fingerprint density at radius 3 is 2.38 bits per heavy atom. The van der Waals surface area contributed by atoms with Gasteiger partial charge in [0.05, 0.1) is 0 Å². The van der Waals surface area contributed by atoms with Gasteiger partial charge < -0.3 is 16.2 Å². The van der Waals surface area contributed by atoms with Gasteiger partial charge in [-0.05, 0) is 26.4 Å². The molecule has 0 unspecified atom stereocenters. The van der Waals surface area contributed by atoms with Gasteiger partial charge in [-0.15, -0.1) is 24.8 Å². The zero-order valence-electron chi connectivity index (χ0n) is 7.66. The molecule has 0 amide bonds. The Labute approximate surface area is 91.1 Å². The van der Waals surface area contributed by atoms with E-state index in [1.165, 1.54) is 0 Å². The van der Waals surface area contributed by atoms with Crippen LogP contribution in [0.15, 0.2) is 0 Å². The van der Waals surface area contributed by atoms with E-state index in [-0.39, 0.29) is 24.8 Å². The van der Waals surface area contributed by atoms with Gasteiger partial charge in [-0.2, -0.15) is 0 Å². The molecule has 82 valence electrons. The third kappa shape index (κ3) is 12.0. The van der Waals surface area contributed by atoms with Gasteiger partial charge >= 0.3 is 5.97 Å². The molecule has 6 heteroatoms. The second-order valence-electron chi connectivity index (χ2n) is 2.54. The van der Waals surface area contributed by atoms with Gasteiger partial charge in [0.25, 0.3) is 0 Å². The van der Waals surface area contributed by atoms with E-state index in [2.05, 4.69) is 5.32 Å². The van der Waals surface area contributed by atoms with Gasteiger partial charge in [0, 0.05) is 0 Å². The second-order valence-corrected chi connectivity index (χ2v) is 2.54. The number of halogens is 2. The molecule has 1 atom stereocenters. The summed E-state index contributed by atoms with van der Waals surface area (Å²) in [6, 6.07) is -0.688. The number of aliphatic carboxylic acids is 1. The molecule has 0 radical (unpaired) electrons. The molecule has 0 saturated heterocycles. The van der Waals surface area contributed by atoms with Crippen molar-refractivity contribution in [3.63, 3.8) is 0 Å². The summed E-state index contributed by atoms with van der Waals surface area (Å²) < 4.78 is 0. The van der Waals surface area contributed by atoms with E-state index in [4.69, 9.17) is 10.8 Å². The van der Waals surface area contributed by atoms with Gasteiger partial charge in [-0.1, -0.05) is 6.42 Å². The third-order valence-electron chi connectivity index (χ3n) is 1.51. The number of carboxylic acids is 1. The van der Waals surface area contributed by atoms with Crippen molar-refractivity contribution in [2.24, 2.45) is 5.73 Å². The predicted molar refractivity (Wildman–Crippen MR) is 57.9 cm³/mol. The van der Waals surface area contributed by atoms with Crippen LogP contribution >= 0.6 is 24.8 Å². The summed E-state index contributed by atoms with van der Waals surface area (Å²) in [5.74, 6) is -0.908. The maximum Gasteiger partial charge on any atom is 0.320 e. The number of nitrogens with two attached hydrogens (primary N) is 1. The van der Waals surface area contributed by atoms with E-state index in [0.29, 0.717) is 6.42 Å². The molecule has 0 spiro atoms. The molecule has 0 heterocycles. The first kappa shape index (κ1) is 18.7. The SMILES string of the molecule is CNCCCC[C@H](N)C(=O)O.Cl.Cl. The summed E-state index contributed by atoms with van der Waals surface area (Å²) in [7, 11) is 1.87. The van der Waals surface area contributed by atoms with E-state index < -0.39 is 12.0 Å². The molecule has 0 aliphatic carbocycles. The molecule has 0 aliphatic heterocycles. The molecule has 0 aliphatic rings. The van der Waals surface area contributed by atoms with Crippen molar-refractivity contribution < 1.29 is 9.90 Å². The Morgan fingerprint density at radius 2 is 2.00 bits per heavy atom. The van der Waals surface area contributed by atoms with Gasteiger partial charge in [0.15, 0.2) is 0 Å². The highest BCUT2D eigenvalue weighted by molar-refractivity contribution is 5.85. The minimum atomic E-state index is -0.908. The molecule has 0 bridgehead atoms. The highest BCUT2D eigenvalue weighted by Gasteiger charge is 2.09. The van der Waals surface area contributed by atoms with Crippen LogP contribution in [0.5, 0.6) is 0 Å².